The molecule has 1 aliphatic heterocycles. The van der Waals surface area contributed by atoms with Crippen molar-refractivity contribution in [1.82, 2.24) is 14.2 Å². The summed E-state index contributed by atoms with van der Waals surface area (Å²) in [6, 6.07) is 1.92. The Morgan fingerprint density at radius 1 is 1.25 bits per heavy atom. The van der Waals surface area contributed by atoms with Crippen LogP contribution in [0.5, 0.6) is 0 Å². The van der Waals surface area contributed by atoms with Crippen LogP contribution < -0.4 is 11.2 Å². The molecule has 0 aliphatic carbocycles. The van der Waals surface area contributed by atoms with Crippen LogP contribution in [0.4, 0.5) is 0 Å². The van der Waals surface area contributed by atoms with Gasteiger partial charge >= 0.3 is 5.69 Å². The van der Waals surface area contributed by atoms with Crippen LogP contribution in [0.2, 0.25) is 0 Å². The zero-order chi connectivity index (χ0) is 21.0. The number of hydrogen-bond acceptors (Lipinski definition) is 6. The standard InChI is InChI=1S/C19H34N3O5P/c1-12(2)22(13(3)4)28(27-14(5)6)25-11-16-10-15(7)18(26-16)21-9-8-17(23)20-19(21)24/h8-9,12-16,18H,10-11H2,1-7H3,(H,20,23,24)/t15?,16-,18?,28?/m0/s1. The van der Waals surface area contributed by atoms with Gasteiger partial charge in [0.05, 0.1) is 18.8 Å². The second kappa shape index (κ2) is 10.1. The summed E-state index contributed by atoms with van der Waals surface area (Å²) in [4.78, 5) is 25.7. The average Bonchev–Trinajstić information content (AvgIpc) is 2.92. The lowest BCUT2D eigenvalue weighted by Crippen LogP contribution is -2.35. The molecule has 8 nitrogen and oxygen atoms in total. The maximum Gasteiger partial charge on any atom is 0.330 e. The van der Waals surface area contributed by atoms with E-state index in [1.165, 1.54) is 16.8 Å². The Morgan fingerprint density at radius 3 is 2.43 bits per heavy atom. The van der Waals surface area contributed by atoms with Gasteiger partial charge in [-0.05, 0) is 48.0 Å². The number of hydrogen-bond donors (Lipinski definition) is 1. The minimum Gasteiger partial charge on any atom is -0.352 e. The van der Waals surface area contributed by atoms with E-state index in [4.69, 9.17) is 13.8 Å². The molecule has 1 saturated heterocycles. The summed E-state index contributed by atoms with van der Waals surface area (Å²) in [5.41, 5.74) is -0.868. The number of ether oxygens (including phenoxy) is 1. The molecular formula is C19H34N3O5P. The van der Waals surface area contributed by atoms with Gasteiger partial charge < -0.3 is 13.8 Å². The number of rotatable bonds is 9. The van der Waals surface area contributed by atoms with E-state index in [1.54, 1.807) is 0 Å². The molecule has 2 heterocycles. The normalized spacial score (nSPS) is 24.0. The van der Waals surface area contributed by atoms with Crippen LogP contribution in [0.1, 0.15) is 61.1 Å². The van der Waals surface area contributed by atoms with Gasteiger partial charge in [-0.25, -0.2) is 9.46 Å². The number of aromatic nitrogens is 2. The number of aromatic amines is 1. The summed E-state index contributed by atoms with van der Waals surface area (Å²) in [7, 11) is -1.21. The molecule has 2 rings (SSSR count). The van der Waals surface area contributed by atoms with Crippen molar-refractivity contribution in [2.24, 2.45) is 5.92 Å². The molecule has 0 saturated carbocycles. The molecule has 28 heavy (non-hydrogen) atoms. The highest BCUT2D eigenvalue weighted by Crippen LogP contribution is 2.47. The molecule has 1 fully saturated rings. The van der Waals surface area contributed by atoms with Gasteiger partial charge in [0.25, 0.3) is 14.1 Å². The van der Waals surface area contributed by atoms with Gasteiger partial charge in [-0.1, -0.05) is 6.92 Å². The van der Waals surface area contributed by atoms with Gasteiger partial charge in [0, 0.05) is 30.3 Å². The largest absolute Gasteiger partial charge is 0.352 e. The first kappa shape index (κ1) is 23.2. The first-order valence-corrected chi connectivity index (χ1v) is 11.1. The van der Waals surface area contributed by atoms with Crippen molar-refractivity contribution < 1.29 is 13.8 Å². The van der Waals surface area contributed by atoms with Crippen LogP contribution in [0.3, 0.4) is 0 Å². The Kier molecular flexibility index (Phi) is 8.40. The second-order valence-electron chi connectivity index (χ2n) is 8.13. The van der Waals surface area contributed by atoms with Crippen LogP contribution >= 0.6 is 8.53 Å². The van der Waals surface area contributed by atoms with E-state index in [9.17, 15) is 9.59 Å². The third kappa shape index (κ3) is 5.97. The molecule has 1 aliphatic rings. The summed E-state index contributed by atoms with van der Waals surface area (Å²) >= 11 is 0. The molecule has 9 heteroatoms. The predicted molar refractivity (Wildman–Crippen MR) is 110 cm³/mol. The minimum atomic E-state index is -1.21. The third-order valence-corrected chi connectivity index (χ3v) is 6.77. The molecule has 0 aromatic carbocycles. The zero-order valence-electron chi connectivity index (χ0n) is 17.9. The van der Waals surface area contributed by atoms with E-state index in [0.29, 0.717) is 18.7 Å². The number of nitrogens with zero attached hydrogens (tertiary/aromatic N) is 2. The van der Waals surface area contributed by atoms with Gasteiger partial charge in [0.2, 0.25) is 0 Å². The van der Waals surface area contributed by atoms with E-state index in [2.05, 4.69) is 37.3 Å². The monoisotopic (exact) mass is 415 g/mol. The molecule has 4 atom stereocenters. The maximum atomic E-state index is 12.1. The molecule has 0 radical (unpaired) electrons. The minimum absolute atomic E-state index is 0.0574. The van der Waals surface area contributed by atoms with E-state index < -0.39 is 26.0 Å². The molecule has 0 bridgehead atoms. The Balaban J connectivity index is 2.05. The highest BCUT2D eigenvalue weighted by atomic mass is 31.2. The lowest BCUT2D eigenvalue weighted by molar-refractivity contribution is -0.0323. The van der Waals surface area contributed by atoms with Gasteiger partial charge in [-0.3, -0.25) is 14.3 Å². The highest BCUT2D eigenvalue weighted by Gasteiger charge is 2.36. The summed E-state index contributed by atoms with van der Waals surface area (Å²) in [5.74, 6) is 0.126. The van der Waals surface area contributed by atoms with Crippen molar-refractivity contribution in [1.29, 1.82) is 0 Å². The lowest BCUT2D eigenvalue weighted by Gasteiger charge is -2.36. The summed E-state index contributed by atoms with van der Waals surface area (Å²) < 4.78 is 22.1. The van der Waals surface area contributed by atoms with Crippen LogP contribution in [0.25, 0.3) is 0 Å². The smallest absolute Gasteiger partial charge is 0.330 e. The molecule has 1 N–H and O–H groups in total. The molecule has 1 aromatic heterocycles. The van der Waals surface area contributed by atoms with Crippen molar-refractivity contribution in [2.75, 3.05) is 6.61 Å². The highest BCUT2D eigenvalue weighted by molar-refractivity contribution is 7.44. The maximum absolute atomic E-state index is 12.1. The predicted octanol–water partition coefficient (Wildman–Crippen LogP) is 3.25. The Hall–Kier alpha value is -1.05. The second-order valence-corrected chi connectivity index (χ2v) is 9.54. The average molecular weight is 415 g/mol. The van der Waals surface area contributed by atoms with Crippen molar-refractivity contribution >= 4 is 8.53 Å². The van der Waals surface area contributed by atoms with Crippen molar-refractivity contribution in [3.05, 3.63) is 33.1 Å². The SMILES string of the molecule is CC(C)OP(OC[C@@H]1CC(C)C(n2ccc(=O)[nH]c2=O)O1)N(C(C)C)C(C)C. The van der Waals surface area contributed by atoms with E-state index in [1.807, 2.05) is 20.8 Å². The van der Waals surface area contributed by atoms with E-state index in [0.717, 1.165) is 6.42 Å². The van der Waals surface area contributed by atoms with Crippen LogP contribution in [-0.4, -0.2) is 45.1 Å². The van der Waals surface area contributed by atoms with Crippen molar-refractivity contribution in [2.45, 2.75) is 85.4 Å². The molecular weight excluding hydrogens is 381 g/mol. The fraction of sp³-hybridized carbons (Fsp3) is 0.789. The van der Waals surface area contributed by atoms with Gasteiger partial charge in [0.15, 0.2) is 0 Å². The summed E-state index contributed by atoms with van der Waals surface area (Å²) in [6.45, 7) is 15.0. The number of H-pyrrole nitrogens is 1. The molecule has 160 valence electrons. The molecule has 3 unspecified atom stereocenters. The van der Waals surface area contributed by atoms with Crippen LogP contribution in [0, 0.1) is 5.92 Å². The van der Waals surface area contributed by atoms with Crippen molar-refractivity contribution in [3.8, 4) is 0 Å². The lowest BCUT2D eigenvalue weighted by atomic mass is 10.1. The summed E-state index contributed by atoms with van der Waals surface area (Å²) in [5, 5.41) is 0. The molecule has 0 amide bonds. The van der Waals surface area contributed by atoms with Crippen LogP contribution in [-0.2, 0) is 13.8 Å². The topological polar surface area (TPSA) is 85.8 Å². The van der Waals surface area contributed by atoms with Gasteiger partial charge in [0.1, 0.15) is 6.23 Å². The number of nitrogens with one attached hydrogen (secondary N) is 1. The van der Waals surface area contributed by atoms with Crippen LogP contribution in [0.15, 0.2) is 21.9 Å². The fourth-order valence-electron chi connectivity index (χ4n) is 3.44. The first-order valence-electron chi connectivity index (χ1n) is 9.95. The Labute approximate surface area is 168 Å². The van der Waals surface area contributed by atoms with Crippen molar-refractivity contribution in [3.63, 3.8) is 0 Å². The summed E-state index contributed by atoms with van der Waals surface area (Å²) in [6.07, 6.45) is 1.76. The molecule has 1 aromatic rings. The molecule has 0 spiro atoms. The quantitative estimate of drug-likeness (QED) is 0.623. The Morgan fingerprint density at radius 2 is 1.89 bits per heavy atom. The van der Waals surface area contributed by atoms with Gasteiger partial charge in [-0.2, -0.15) is 0 Å². The fourth-order valence-corrected chi connectivity index (χ4v) is 5.16. The van der Waals surface area contributed by atoms with E-state index in [-0.39, 0.29) is 18.1 Å². The zero-order valence-corrected chi connectivity index (χ0v) is 18.8. The third-order valence-electron chi connectivity index (χ3n) is 4.50. The van der Waals surface area contributed by atoms with Gasteiger partial charge in [-0.15, -0.1) is 0 Å². The Bertz CT molecular complexity index is 725. The first-order chi connectivity index (χ1) is 13.1. The van der Waals surface area contributed by atoms with E-state index >= 15 is 0 Å².